The highest BCUT2D eigenvalue weighted by Crippen LogP contribution is 2.33. The molecule has 0 N–H and O–H groups in total. The highest BCUT2D eigenvalue weighted by molar-refractivity contribution is 7.98. The van der Waals surface area contributed by atoms with Crippen LogP contribution in [0.15, 0.2) is 47.4 Å². The fraction of sp³-hybridized carbons (Fsp3) is 0.300. The number of ether oxygens (including phenoxy) is 1. The van der Waals surface area contributed by atoms with Gasteiger partial charge in [-0.3, -0.25) is 14.9 Å². The molecule has 0 aromatic heterocycles. The van der Waals surface area contributed by atoms with Gasteiger partial charge in [0.1, 0.15) is 0 Å². The monoisotopic (exact) mass is 400 g/mol. The second kappa shape index (κ2) is 8.02. The van der Waals surface area contributed by atoms with E-state index in [1.807, 2.05) is 31.2 Å². The first-order chi connectivity index (χ1) is 13.3. The largest absolute Gasteiger partial charge is 0.449 e. The van der Waals surface area contributed by atoms with Crippen LogP contribution in [0.4, 0.5) is 11.4 Å². The van der Waals surface area contributed by atoms with Gasteiger partial charge < -0.3 is 9.64 Å². The van der Waals surface area contributed by atoms with E-state index in [-0.39, 0.29) is 23.2 Å². The zero-order valence-corrected chi connectivity index (χ0v) is 16.6. The molecule has 0 unspecified atom stereocenters. The molecule has 1 aliphatic heterocycles. The first-order valence-corrected chi connectivity index (χ1v) is 10.00. The lowest BCUT2D eigenvalue weighted by atomic mass is 10.1. The lowest BCUT2D eigenvalue weighted by Gasteiger charge is -2.25. The summed E-state index contributed by atoms with van der Waals surface area (Å²) in [7, 11) is 0. The van der Waals surface area contributed by atoms with Crippen molar-refractivity contribution in [1.29, 1.82) is 0 Å². The van der Waals surface area contributed by atoms with Gasteiger partial charge in [0.2, 0.25) is 0 Å². The topological polar surface area (TPSA) is 89.8 Å². The molecule has 3 rings (SSSR count). The molecule has 0 saturated carbocycles. The van der Waals surface area contributed by atoms with Crippen LogP contribution < -0.4 is 4.90 Å². The number of hydrogen-bond acceptors (Lipinski definition) is 6. The second-order valence-electron chi connectivity index (χ2n) is 6.58. The number of nitro benzene ring substituents is 1. The number of para-hydroxylation sites is 1. The first-order valence-electron chi connectivity index (χ1n) is 8.78. The van der Waals surface area contributed by atoms with Crippen LogP contribution in [0, 0.1) is 10.1 Å². The van der Waals surface area contributed by atoms with E-state index >= 15 is 0 Å². The Kier molecular flexibility index (Phi) is 5.69. The molecule has 2 aromatic rings. The van der Waals surface area contributed by atoms with Gasteiger partial charge >= 0.3 is 5.97 Å². The fourth-order valence-corrected chi connectivity index (χ4v) is 3.88. The average Bonchev–Trinajstić information content (AvgIpc) is 3.02. The summed E-state index contributed by atoms with van der Waals surface area (Å²) in [6.45, 7) is 3.45. The lowest BCUT2D eigenvalue weighted by Crippen LogP contribution is -2.43. The van der Waals surface area contributed by atoms with E-state index in [9.17, 15) is 19.7 Å². The van der Waals surface area contributed by atoms with Crippen molar-refractivity contribution < 1.29 is 19.2 Å². The van der Waals surface area contributed by atoms with Gasteiger partial charge in [-0.05, 0) is 50.3 Å². The predicted molar refractivity (Wildman–Crippen MR) is 107 cm³/mol. The molecule has 0 aliphatic carbocycles. The van der Waals surface area contributed by atoms with Crippen LogP contribution in [0.3, 0.4) is 0 Å². The van der Waals surface area contributed by atoms with Crippen molar-refractivity contribution in [2.45, 2.75) is 37.3 Å². The van der Waals surface area contributed by atoms with Crippen molar-refractivity contribution in [3.05, 3.63) is 63.7 Å². The molecule has 0 fully saturated rings. The number of carbonyl (C=O) groups is 2. The molecule has 7 nitrogen and oxygen atoms in total. The number of hydrogen-bond donors (Lipinski definition) is 0. The van der Waals surface area contributed by atoms with E-state index in [1.165, 1.54) is 36.9 Å². The summed E-state index contributed by atoms with van der Waals surface area (Å²) in [6, 6.07) is 11.7. The number of anilines is 1. The molecular weight excluding hydrogens is 380 g/mol. The summed E-state index contributed by atoms with van der Waals surface area (Å²) in [4.78, 5) is 38.1. The Morgan fingerprint density at radius 2 is 2.00 bits per heavy atom. The van der Waals surface area contributed by atoms with Gasteiger partial charge in [0, 0.05) is 17.8 Å². The number of fused-ring (bicyclic) bond motifs is 1. The smallest absolute Gasteiger partial charge is 0.339 e. The van der Waals surface area contributed by atoms with Gasteiger partial charge in [0.15, 0.2) is 6.10 Å². The summed E-state index contributed by atoms with van der Waals surface area (Å²) >= 11 is 1.22. The molecule has 28 heavy (non-hydrogen) atoms. The second-order valence-corrected chi connectivity index (χ2v) is 7.43. The third kappa shape index (κ3) is 3.73. The Labute approximate surface area is 166 Å². The highest BCUT2D eigenvalue weighted by Gasteiger charge is 2.34. The van der Waals surface area contributed by atoms with E-state index in [0.717, 1.165) is 17.7 Å². The zero-order valence-electron chi connectivity index (χ0n) is 15.7. The number of amides is 1. The van der Waals surface area contributed by atoms with Crippen LogP contribution >= 0.6 is 11.8 Å². The molecule has 0 saturated heterocycles. The molecule has 8 heteroatoms. The SMILES string of the molecule is CSc1ccc(C(=O)O[C@@H](C)C(=O)N2c3ccccc3C[C@H]2C)cc1[N+](=O)[O-]. The van der Waals surface area contributed by atoms with Gasteiger partial charge in [0.05, 0.1) is 15.4 Å². The van der Waals surface area contributed by atoms with Gasteiger partial charge in [-0.1, -0.05) is 18.2 Å². The standard InChI is InChI=1S/C20H20N2O5S/c1-12-10-14-6-4-5-7-16(14)21(12)19(23)13(2)27-20(24)15-8-9-18(28-3)17(11-15)22(25)26/h4-9,11-13H,10H2,1-3H3/t12-,13+/m1/s1. The zero-order chi connectivity index (χ0) is 20.4. The molecular formula is C20H20N2O5S. The Balaban J connectivity index is 1.77. The van der Waals surface area contributed by atoms with E-state index in [1.54, 1.807) is 11.2 Å². The van der Waals surface area contributed by atoms with Crippen molar-refractivity contribution in [1.82, 2.24) is 0 Å². The normalized spacial score (nSPS) is 16.4. The van der Waals surface area contributed by atoms with Crippen LogP contribution in [0.5, 0.6) is 0 Å². The lowest BCUT2D eigenvalue weighted by molar-refractivity contribution is -0.387. The van der Waals surface area contributed by atoms with Gasteiger partial charge in [-0.2, -0.15) is 0 Å². The molecule has 2 atom stereocenters. The van der Waals surface area contributed by atoms with E-state index < -0.39 is 17.0 Å². The third-order valence-electron chi connectivity index (χ3n) is 4.69. The van der Waals surface area contributed by atoms with Crippen molar-refractivity contribution in [2.24, 2.45) is 0 Å². The summed E-state index contributed by atoms with van der Waals surface area (Å²) in [5, 5.41) is 11.2. The molecule has 0 bridgehead atoms. The van der Waals surface area contributed by atoms with E-state index in [0.29, 0.717) is 4.90 Å². The maximum Gasteiger partial charge on any atom is 0.339 e. The number of rotatable bonds is 5. The summed E-state index contributed by atoms with van der Waals surface area (Å²) < 4.78 is 5.32. The molecule has 2 aromatic carbocycles. The van der Waals surface area contributed by atoms with Crippen LogP contribution in [0.25, 0.3) is 0 Å². The minimum Gasteiger partial charge on any atom is -0.449 e. The Bertz CT molecular complexity index is 946. The average molecular weight is 400 g/mol. The third-order valence-corrected chi connectivity index (χ3v) is 5.47. The van der Waals surface area contributed by atoms with E-state index in [4.69, 9.17) is 4.74 Å². The molecule has 1 aliphatic rings. The predicted octanol–water partition coefficient (Wildman–Crippen LogP) is 3.84. The maximum absolute atomic E-state index is 12.9. The number of nitro groups is 1. The van der Waals surface area contributed by atoms with Crippen LogP contribution in [-0.2, 0) is 16.0 Å². The van der Waals surface area contributed by atoms with Crippen molar-refractivity contribution >= 4 is 35.0 Å². The number of nitrogens with zero attached hydrogens (tertiary/aromatic N) is 2. The molecule has 1 amide bonds. The van der Waals surface area contributed by atoms with Gasteiger partial charge in [-0.15, -0.1) is 11.8 Å². The minimum absolute atomic E-state index is 0.0343. The Hall–Kier alpha value is -2.87. The van der Waals surface area contributed by atoms with Crippen molar-refractivity contribution in [3.63, 3.8) is 0 Å². The molecule has 1 heterocycles. The van der Waals surface area contributed by atoms with Crippen LogP contribution in [-0.4, -0.2) is 35.2 Å². The van der Waals surface area contributed by atoms with Crippen molar-refractivity contribution in [2.75, 3.05) is 11.2 Å². The summed E-state index contributed by atoms with van der Waals surface area (Å²) in [5.74, 6) is -1.09. The van der Waals surface area contributed by atoms with Crippen molar-refractivity contribution in [3.8, 4) is 0 Å². The minimum atomic E-state index is -1.01. The molecule has 0 radical (unpaired) electrons. The number of benzene rings is 2. The van der Waals surface area contributed by atoms with Gasteiger partial charge in [-0.25, -0.2) is 4.79 Å². The maximum atomic E-state index is 12.9. The fourth-order valence-electron chi connectivity index (χ4n) is 3.34. The quantitative estimate of drug-likeness (QED) is 0.328. The van der Waals surface area contributed by atoms with Crippen LogP contribution in [0.2, 0.25) is 0 Å². The number of esters is 1. The van der Waals surface area contributed by atoms with E-state index in [2.05, 4.69) is 0 Å². The molecule has 146 valence electrons. The molecule has 0 spiro atoms. The van der Waals surface area contributed by atoms with Crippen LogP contribution in [0.1, 0.15) is 29.8 Å². The highest BCUT2D eigenvalue weighted by atomic mass is 32.2. The Morgan fingerprint density at radius 3 is 2.68 bits per heavy atom. The summed E-state index contributed by atoms with van der Waals surface area (Å²) in [6.07, 6.45) is 1.45. The summed E-state index contributed by atoms with van der Waals surface area (Å²) in [5.41, 5.74) is 1.77. The number of thioether (sulfide) groups is 1. The van der Waals surface area contributed by atoms with Gasteiger partial charge in [0.25, 0.3) is 11.6 Å². The number of carbonyl (C=O) groups excluding carboxylic acids is 2. The first kappa shape index (κ1) is 19.9. The Morgan fingerprint density at radius 1 is 1.29 bits per heavy atom.